The molecular formula is C13H24N2O2. The number of carbonyl (C=O) groups excluding carboxylic acids is 1. The maximum atomic E-state index is 12.3. The number of carbonyl (C=O) groups is 1. The number of hydrogen-bond acceptors (Lipinski definition) is 3. The molecule has 2 heterocycles. The van der Waals surface area contributed by atoms with Gasteiger partial charge in [0.05, 0.1) is 19.3 Å². The molecule has 0 radical (unpaired) electrons. The van der Waals surface area contributed by atoms with Crippen LogP contribution < -0.4 is 5.32 Å². The van der Waals surface area contributed by atoms with E-state index in [1.54, 1.807) is 0 Å². The van der Waals surface area contributed by atoms with Gasteiger partial charge in [0, 0.05) is 18.6 Å². The van der Waals surface area contributed by atoms with Crippen molar-refractivity contribution in [2.75, 3.05) is 19.9 Å². The molecule has 2 aliphatic heterocycles. The molecule has 4 atom stereocenters. The van der Waals surface area contributed by atoms with Crippen molar-refractivity contribution in [2.45, 2.75) is 45.7 Å². The van der Waals surface area contributed by atoms with Crippen molar-refractivity contribution in [3.63, 3.8) is 0 Å². The van der Waals surface area contributed by atoms with Crippen LogP contribution in [0.3, 0.4) is 0 Å². The van der Waals surface area contributed by atoms with E-state index in [-0.39, 0.29) is 11.9 Å². The third-order valence-electron chi connectivity index (χ3n) is 4.38. The third-order valence-corrected chi connectivity index (χ3v) is 4.38. The molecule has 0 saturated carbocycles. The van der Waals surface area contributed by atoms with Crippen LogP contribution in [0.5, 0.6) is 0 Å². The summed E-state index contributed by atoms with van der Waals surface area (Å²) in [6.45, 7) is 8.78. The van der Waals surface area contributed by atoms with Gasteiger partial charge in [-0.2, -0.15) is 0 Å². The van der Waals surface area contributed by atoms with Gasteiger partial charge in [-0.05, 0) is 19.3 Å². The van der Waals surface area contributed by atoms with Crippen LogP contribution in [-0.4, -0.2) is 42.8 Å². The Morgan fingerprint density at radius 3 is 2.88 bits per heavy atom. The Morgan fingerprint density at radius 1 is 1.53 bits per heavy atom. The fraction of sp³-hybridized carbons (Fsp3) is 0.923. The first-order chi connectivity index (χ1) is 8.15. The van der Waals surface area contributed by atoms with Crippen molar-refractivity contribution in [3.8, 4) is 0 Å². The predicted molar refractivity (Wildman–Crippen MR) is 66.5 cm³/mol. The molecule has 4 unspecified atom stereocenters. The topological polar surface area (TPSA) is 41.6 Å². The molecule has 2 aliphatic rings. The first-order valence-electron chi connectivity index (χ1n) is 6.76. The SMILES string of the molecule is CCC(C)C1NCN(C(C)C2CCOC2)C1=O. The molecule has 2 fully saturated rings. The molecule has 0 aliphatic carbocycles. The molecule has 0 aromatic heterocycles. The number of nitrogens with one attached hydrogen (secondary N) is 1. The van der Waals surface area contributed by atoms with E-state index in [0.29, 0.717) is 24.5 Å². The fourth-order valence-corrected chi connectivity index (χ4v) is 2.75. The normalized spacial score (nSPS) is 33.1. The van der Waals surface area contributed by atoms with Crippen molar-refractivity contribution < 1.29 is 9.53 Å². The first kappa shape index (κ1) is 12.8. The highest BCUT2D eigenvalue weighted by Crippen LogP contribution is 2.24. The van der Waals surface area contributed by atoms with Gasteiger partial charge in [-0.1, -0.05) is 20.3 Å². The molecule has 0 aromatic rings. The van der Waals surface area contributed by atoms with Gasteiger partial charge >= 0.3 is 0 Å². The number of rotatable bonds is 4. The lowest BCUT2D eigenvalue weighted by molar-refractivity contribution is -0.132. The van der Waals surface area contributed by atoms with Crippen LogP contribution in [0.4, 0.5) is 0 Å². The molecule has 17 heavy (non-hydrogen) atoms. The van der Waals surface area contributed by atoms with Gasteiger partial charge in [-0.25, -0.2) is 0 Å². The Balaban J connectivity index is 1.96. The Hall–Kier alpha value is -0.610. The minimum atomic E-state index is 0.0183. The van der Waals surface area contributed by atoms with Gasteiger partial charge in [0.1, 0.15) is 0 Å². The molecule has 1 N–H and O–H groups in total. The summed E-state index contributed by atoms with van der Waals surface area (Å²) in [6.07, 6.45) is 2.12. The summed E-state index contributed by atoms with van der Waals surface area (Å²) in [5, 5.41) is 3.35. The summed E-state index contributed by atoms with van der Waals surface area (Å²) in [5.41, 5.74) is 0. The van der Waals surface area contributed by atoms with E-state index in [1.807, 2.05) is 4.90 Å². The second-order valence-electron chi connectivity index (χ2n) is 5.40. The molecular weight excluding hydrogens is 216 g/mol. The molecule has 0 aromatic carbocycles. The Kier molecular flexibility index (Phi) is 4.05. The van der Waals surface area contributed by atoms with E-state index in [1.165, 1.54) is 0 Å². The van der Waals surface area contributed by atoms with Crippen LogP contribution in [0.1, 0.15) is 33.6 Å². The second kappa shape index (κ2) is 5.36. The number of amides is 1. The highest BCUT2D eigenvalue weighted by atomic mass is 16.5. The molecule has 1 amide bonds. The van der Waals surface area contributed by atoms with Crippen molar-refractivity contribution >= 4 is 5.91 Å². The van der Waals surface area contributed by atoms with E-state index in [9.17, 15) is 4.79 Å². The summed E-state index contributed by atoms with van der Waals surface area (Å²) >= 11 is 0. The van der Waals surface area contributed by atoms with Gasteiger partial charge in [-0.3, -0.25) is 10.1 Å². The van der Waals surface area contributed by atoms with Gasteiger partial charge in [0.25, 0.3) is 0 Å². The average molecular weight is 240 g/mol. The molecule has 4 heteroatoms. The lowest BCUT2D eigenvalue weighted by Gasteiger charge is -2.28. The monoisotopic (exact) mass is 240 g/mol. The molecule has 0 spiro atoms. The van der Waals surface area contributed by atoms with E-state index >= 15 is 0 Å². The highest BCUT2D eigenvalue weighted by molar-refractivity contribution is 5.84. The Labute approximate surface area is 104 Å². The van der Waals surface area contributed by atoms with Crippen molar-refractivity contribution in [3.05, 3.63) is 0 Å². The summed E-state index contributed by atoms with van der Waals surface area (Å²) in [4.78, 5) is 14.3. The zero-order valence-corrected chi connectivity index (χ0v) is 11.1. The summed E-state index contributed by atoms with van der Waals surface area (Å²) < 4.78 is 5.41. The van der Waals surface area contributed by atoms with Crippen LogP contribution in [0.15, 0.2) is 0 Å². The second-order valence-corrected chi connectivity index (χ2v) is 5.40. The zero-order chi connectivity index (χ0) is 12.4. The zero-order valence-electron chi connectivity index (χ0n) is 11.1. The molecule has 98 valence electrons. The molecule has 2 saturated heterocycles. The maximum Gasteiger partial charge on any atom is 0.241 e. The third kappa shape index (κ3) is 2.47. The van der Waals surface area contributed by atoms with Crippen molar-refractivity contribution in [1.82, 2.24) is 10.2 Å². The predicted octanol–water partition coefficient (Wildman–Crippen LogP) is 1.22. The number of hydrogen-bond donors (Lipinski definition) is 1. The smallest absolute Gasteiger partial charge is 0.241 e. The van der Waals surface area contributed by atoms with Gasteiger partial charge < -0.3 is 9.64 Å². The van der Waals surface area contributed by atoms with Crippen LogP contribution >= 0.6 is 0 Å². The standard InChI is InChI=1S/C13H24N2O2/c1-4-9(2)12-13(16)15(8-14-12)10(3)11-5-6-17-7-11/h9-12,14H,4-8H2,1-3H3. The van der Waals surface area contributed by atoms with Crippen molar-refractivity contribution in [2.24, 2.45) is 11.8 Å². The lowest BCUT2D eigenvalue weighted by Crippen LogP contribution is -2.42. The van der Waals surface area contributed by atoms with E-state index in [2.05, 4.69) is 26.1 Å². The van der Waals surface area contributed by atoms with Crippen LogP contribution in [-0.2, 0) is 9.53 Å². The van der Waals surface area contributed by atoms with Gasteiger partial charge in [0.2, 0.25) is 5.91 Å². The lowest BCUT2D eigenvalue weighted by atomic mass is 9.96. The van der Waals surface area contributed by atoms with Gasteiger partial charge in [-0.15, -0.1) is 0 Å². The summed E-state index contributed by atoms with van der Waals surface area (Å²) in [6, 6.07) is 0.316. The minimum Gasteiger partial charge on any atom is -0.381 e. The largest absolute Gasteiger partial charge is 0.381 e. The Morgan fingerprint density at radius 2 is 2.29 bits per heavy atom. The molecule has 0 bridgehead atoms. The maximum absolute atomic E-state index is 12.3. The van der Waals surface area contributed by atoms with E-state index in [0.717, 1.165) is 26.1 Å². The fourth-order valence-electron chi connectivity index (χ4n) is 2.75. The minimum absolute atomic E-state index is 0.0183. The van der Waals surface area contributed by atoms with Crippen molar-refractivity contribution in [1.29, 1.82) is 0 Å². The quantitative estimate of drug-likeness (QED) is 0.803. The molecule has 2 rings (SSSR count). The molecule has 4 nitrogen and oxygen atoms in total. The van der Waals surface area contributed by atoms with E-state index in [4.69, 9.17) is 4.74 Å². The average Bonchev–Trinajstić information content (AvgIpc) is 2.96. The highest BCUT2D eigenvalue weighted by Gasteiger charge is 2.39. The summed E-state index contributed by atoms with van der Waals surface area (Å²) in [7, 11) is 0. The Bertz CT molecular complexity index is 277. The number of nitrogens with zero attached hydrogens (tertiary/aromatic N) is 1. The summed E-state index contributed by atoms with van der Waals surface area (Å²) in [5.74, 6) is 1.20. The van der Waals surface area contributed by atoms with Crippen LogP contribution in [0, 0.1) is 11.8 Å². The van der Waals surface area contributed by atoms with E-state index < -0.39 is 0 Å². The van der Waals surface area contributed by atoms with Crippen LogP contribution in [0.25, 0.3) is 0 Å². The van der Waals surface area contributed by atoms with Gasteiger partial charge in [0.15, 0.2) is 0 Å². The number of ether oxygens (including phenoxy) is 1. The first-order valence-corrected chi connectivity index (χ1v) is 6.76. The van der Waals surface area contributed by atoms with Crippen LogP contribution in [0.2, 0.25) is 0 Å².